The van der Waals surface area contributed by atoms with Crippen molar-refractivity contribution in [3.05, 3.63) is 39.6 Å². The first-order valence-electron chi connectivity index (χ1n) is 3.87. The van der Waals surface area contributed by atoms with Crippen LogP contribution in [0.2, 0.25) is 5.02 Å². The SMILES string of the molecule is N#Cc1nccc2c(Br)c(Cl)ccc12. The number of hydrogen-bond donors (Lipinski definition) is 0. The van der Waals surface area contributed by atoms with E-state index >= 15 is 0 Å². The van der Waals surface area contributed by atoms with E-state index in [1.54, 1.807) is 18.3 Å². The molecule has 0 fully saturated rings. The fourth-order valence-corrected chi connectivity index (χ4v) is 1.92. The number of hydrogen-bond acceptors (Lipinski definition) is 2. The zero-order valence-corrected chi connectivity index (χ0v) is 9.30. The molecule has 1 heterocycles. The molecule has 0 aliphatic heterocycles. The van der Waals surface area contributed by atoms with Crippen molar-refractivity contribution in [2.24, 2.45) is 0 Å². The maximum Gasteiger partial charge on any atom is 0.148 e. The fourth-order valence-electron chi connectivity index (χ4n) is 1.28. The van der Waals surface area contributed by atoms with Crippen LogP contribution in [0.3, 0.4) is 0 Å². The van der Waals surface area contributed by atoms with E-state index in [1.807, 2.05) is 12.1 Å². The molecule has 0 radical (unpaired) electrons. The molecule has 1 aromatic carbocycles. The summed E-state index contributed by atoms with van der Waals surface area (Å²) < 4.78 is 0.801. The number of halogens is 2. The van der Waals surface area contributed by atoms with Crippen LogP contribution >= 0.6 is 27.5 Å². The van der Waals surface area contributed by atoms with E-state index in [0.717, 1.165) is 15.2 Å². The normalized spacial score (nSPS) is 10.1. The van der Waals surface area contributed by atoms with Gasteiger partial charge in [0.2, 0.25) is 0 Å². The minimum Gasteiger partial charge on any atom is -0.245 e. The summed E-state index contributed by atoms with van der Waals surface area (Å²) in [6, 6.07) is 7.41. The van der Waals surface area contributed by atoms with Gasteiger partial charge in [0.05, 0.1) is 5.02 Å². The summed E-state index contributed by atoms with van der Waals surface area (Å²) in [6.45, 7) is 0. The molecule has 2 aromatic rings. The van der Waals surface area contributed by atoms with Gasteiger partial charge in [0.25, 0.3) is 0 Å². The fraction of sp³-hybridized carbons (Fsp3) is 0. The lowest BCUT2D eigenvalue weighted by Crippen LogP contribution is -1.85. The van der Waals surface area contributed by atoms with E-state index in [-0.39, 0.29) is 0 Å². The topological polar surface area (TPSA) is 36.7 Å². The third-order valence-corrected chi connectivity index (χ3v) is 3.34. The van der Waals surface area contributed by atoms with Crippen LogP contribution in [0.4, 0.5) is 0 Å². The smallest absolute Gasteiger partial charge is 0.148 e. The van der Waals surface area contributed by atoms with Crippen molar-refractivity contribution in [3.63, 3.8) is 0 Å². The van der Waals surface area contributed by atoms with Crippen LogP contribution in [0.25, 0.3) is 10.8 Å². The van der Waals surface area contributed by atoms with E-state index < -0.39 is 0 Å². The molecular formula is C10H4BrClN2. The van der Waals surface area contributed by atoms with Crippen molar-refractivity contribution >= 4 is 38.3 Å². The van der Waals surface area contributed by atoms with Gasteiger partial charge in [0.1, 0.15) is 11.8 Å². The Morgan fingerprint density at radius 2 is 2.07 bits per heavy atom. The quantitative estimate of drug-likeness (QED) is 0.732. The maximum absolute atomic E-state index is 8.84. The maximum atomic E-state index is 8.84. The lowest BCUT2D eigenvalue weighted by molar-refractivity contribution is 1.30. The van der Waals surface area contributed by atoms with Gasteiger partial charge < -0.3 is 0 Å². The summed E-state index contributed by atoms with van der Waals surface area (Å²) in [4.78, 5) is 3.97. The predicted octanol–water partition coefficient (Wildman–Crippen LogP) is 3.52. The molecule has 0 aliphatic carbocycles. The second kappa shape index (κ2) is 3.56. The monoisotopic (exact) mass is 266 g/mol. The summed E-state index contributed by atoms with van der Waals surface area (Å²) >= 11 is 9.31. The van der Waals surface area contributed by atoms with Crippen LogP contribution < -0.4 is 0 Å². The zero-order chi connectivity index (χ0) is 10.1. The van der Waals surface area contributed by atoms with Gasteiger partial charge in [-0.25, -0.2) is 4.98 Å². The van der Waals surface area contributed by atoms with Crippen molar-refractivity contribution in [1.29, 1.82) is 5.26 Å². The highest BCUT2D eigenvalue weighted by molar-refractivity contribution is 9.10. The third-order valence-electron chi connectivity index (χ3n) is 1.94. The summed E-state index contributed by atoms with van der Waals surface area (Å²) in [5.41, 5.74) is 0.417. The van der Waals surface area contributed by atoms with Gasteiger partial charge in [0, 0.05) is 21.4 Å². The molecule has 0 spiro atoms. The predicted molar refractivity (Wildman–Crippen MR) is 59.2 cm³/mol. The molecule has 2 nitrogen and oxygen atoms in total. The number of benzene rings is 1. The Bertz CT molecular complexity index is 546. The standard InChI is InChI=1S/C10H4BrClN2/c11-10-7-3-4-14-9(5-13)6(7)1-2-8(10)12/h1-4H. The second-order valence-corrected chi connectivity index (χ2v) is 3.93. The molecule has 4 heteroatoms. The summed E-state index contributed by atoms with van der Waals surface area (Å²) in [5, 5.41) is 11.2. The largest absolute Gasteiger partial charge is 0.245 e. The highest BCUT2D eigenvalue weighted by Gasteiger charge is 2.06. The van der Waals surface area contributed by atoms with E-state index in [4.69, 9.17) is 16.9 Å². The molecule has 0 atom stereocenters. The number of rotatable bonds is 0. The zero-order valence-electron chi connectivity index (χ0n) is 6.96. The van der Waals surface area contributed by atoms with Gasteiger partial charge in [-0.05, 0) is 34.1 Å². The van der Waals surface area contributed by atoms with Crippen LogP contribution in [-0.2, 0) is 0 Å². The van der Waals surface area contributed by atoms with Crippen molar-refractivity contribution < 1.29 is 0 Å². The van der Waals surface area contributed by atoms with Crippen LogP contribution in [-0.4, -0.2) is 4.98 Å². The molecule has 0 unspecified atom stereocenters. The Morgan fingerprint density at radius 3 is 2.79 bits per heavy atom. The molecule has 1 aromatic heterocycles. The Morgan fingerprint density at radius 1 is 1.29 bits per heavy atom. The summed E-state index contributed by atoms with van der Waals surface area (Å²) in [5.74, 6) is 0. The number of aromatic nitrogens is 1. The number of nitriles is 1. The molecule has 0 saturated heterocycles. The van der Waals surface area contributed by atoms with E-state index in [2.05, 4.69) is 20.9 Å². The summed E-state index contributed by atoms with van der Waals surface area (Å²) in [6.07, 6.45) is 1.60. The second-order valence-electron chi connectivity index (χ2n) is 2.73. The minimum absolute atomic E-state index is 0.417. The highest BCUT2D eigenvalue weighted by atomic mass is 79.9. The molecule has 2 rings (SSSR count). The van der Waals surface area contributed by atoms with Crippen molar-refractivity contribution in [1.82, 2.24) is 4.98 Å². The Hall–Kier alpha value is -1.11. The Labute approximate surface area is 94.3 Å². The third kappa shape index (κ3) is 1.37. The molecule has 0 aliphatic rings. The van der Waals surface area contributed by atoms with Crippen molar-refractivity contribution in [3.8, 4) is 6.07 Å². The van der Waals surface area contributed by atoms with Crippen molar-refractivity contribution in [2.75, 3.05) is 0 Å². The van der Waals surface area contributed by atoms with E-state index in [9.17, 15) is 0 Å². The summed E-state index contributed by atoms with van der Waals surface area (Å²) in [7, 11) is 0. The van der Waals surface area contributed by atoms with Gasteiger partial charge in [-0.3, -0.25) is 0 Å². The van der Waals surface area contributed by atoms with Gasteiger partial charge in [-0.15, -0.1) is 0 Å². The first kappa shape index (κ1) is 9.45. The van der Waals surface area contributed by atoms with Crippen LogP contribution in [0, 0.1) is 11.3 Å². The van der Waals surface area contributed by atoms with Gasteiger partial charge in [-0.1, -0.05) is 11.6 Å². The van der Waals surface area contributed by atoms with Gasteiger partial charge in [0.15, 0.2) is 0 Å². The van der Waals surface area contributed by atoms with Gasteiger partial charge in [-0.2, -0.15) is 5.26 Å². The molecular weight excluding hydrogens is 263 g/mol. The average Bonchev–Trinajstić information content (AvgIpc) is 2.23. The molecule has 68 valence electrons. The molecule has 0 amide bonds. The van der Waals surface area contributed by atoms with Crippen LogP contribution in [0.15, 0.2) is 28.9 Å². The Kier molecular flexibility index (Phi) is 2.40. The average molecular weight is 268 g/mol. The number of fused-ring (bicyclic) bond motifs is 1. The molecule has 0 N–H and O–H groups in total. The molecule has 0 bridgehead atoms. The van der Waals surface area contributed by atoms with E-state index in [0.29, 0.717) is 10.7 Å². The lowest BCUT2D eigenvalue weighted by atomic mass is 10.1. The number of pyridine rings is 1. The van der Waals surface area contributed by atoms with Crippen LogP contribution in [0.1, 0.15) is 5.69 Å². The van der Waals surface area contributed by atoms with Crippen molar-refractivity contribution in [2.45, 2.75) is 0 Å². The first-order chi connectivity index (χ1) is 6.74. The Balaban J connectivity index is 2.95. The number of nitrogens with zero attached hydrogens (tertiary/aromatic N) is 2. The molecule has 14 heavy (non-hydrogen) atoms. The molecule has 0 saturated carbocycles. The van der Waals surface area contributed by atoms with Gasteiger partial charge >= 0.3 is 0 Å². The highest BCUT2D eigenvalue weighted by Crippen LogP contribution is 2.31. The van der Waals surface area contributed by atoms with Crippen LogP contribution in [0.5, 0.6) is 0 Å². The lowest BCUT2D eigenvalue weighted by Gasteiger charge is -2.02. The minimum atomic E-state index is 0.417. The van der Waals surface area contributed by atoms with E-state index in [1.165, 1.54) is 0 Å². The first-order valence-corrected chi connectivity index (χ1v) is 5.04.